The summed E-state index contributed by atoms with van der Waals surface area (Å²) in [5.74, 6) is 1.35. The highest BCUT2D eigenvalue weighted by Gasteiger charge is 2.19. The van der Waals surface area contributed by atoms with E-state index in [1.54, 1.807) is 0 Å². The van der Waals surface area contributed by atoms with E-state index in [1.807, 2.05) is 0 Å². The predicted molar refractivity (Wildman–Crippen MR) is 80.9 cm³/mol. The Hall–Kier alpha value is -0.980. The molecule has 1 aromatic rings. The third-order valence-electron chi connectivity index (χ3n) is 3.87. The molecule has 1 aliphatic rings. The van der Waals surface area contributed by atoms with E-state index in [9.17, 15) is 0 Å². The second-order valence-electron chi connectivity index (χ2n) is 5.73. The molecular weight excluding hydrogens is 268 g/mol. The maximum absolute atomic E-state index is 6.17. The average Bonchev–Trinajstić information content (AvgIpc) is 2.97. The Balaban J connectivity index is 1.70. The van der Waals surface area contributed by atoms with Gasteiger partial charge in [-0.3, -0.25) is 4.90 Å². The van der Waals surface area contributed by atoms with Crippen molar-refractivity contribution < 1.29 is 9.26 Å². The lowest BCUT2D eigenvalue weighted by atomic mass is 10.1. The zero-order chi connectivity index (χ0) is 14.9. The van der Waals surface area contributed by atoms with Gasteiger partial charge in [0.15, 0.2) is 5.82 Å². The van der Waals surface area contributed by atoms with Crippen LogP contribution in [-0.2, 0) is 11.2 Å². The summed E-state index contributed by atoms with van der Waals surface area (Å²) in [5.41, 5.74) is 6.17. The summed E-state index contributed by atoms with van der Waals surface area (Å²) in [6.45, 7) is 6.40. The van der Waals surface area contributed by atoms with E-state index in [0.29, 0.717) is 5.82 Å². The number of rotatable bonds is 9. The first-order chi connectivity index (χ1) is 10.3. The molecule has 1 fully saturated rings. The molecule has 0 aromatic carbocycles. The van der Waals surface area contributed by atoms with Gasteiger partial charge in [0, 0.05) is 26.1 Å². The molecule has 2 heterocycles. The largest absolute Gasteiger partial charge is 0.379 e. The lowest BCUT2D eigenvalue weighted by Gasteiger charge is -2.27. The number of aryl methyl sites for hydroxylation is 1. The molecule has 1 saturated heterocycles. The number of unbranched alkanes of at least 4 members (excludes halogenated alkanes) is 4. The summed E-state index contributed by atoms with van der Waals surface area (Å²) in [4.78, 5) is 6.72. The Morgan fingerprint density at radius 2 is 1.95 bits per heavy atom. The molecule has 6 nitrogen and oxygen atoms in total. The fourth-order valence-electron chi connectivity index (χ4n) is 2.54. The summed E-state index contributed by atoms with van der Waals surface area (Å²) in [5, 5.41) is 4.03. The van der Waals surface area contributed by atoms with E-state index >= 15 is 0 Å². The highest BCUT2D eigenvalue weighted by molar-refractivity contribution is 4.94. The van der Waals surface area contributed by atoms with Crippen molar-refractivity contribution in [3.05, 3.63) is 11.7 Å². The minimum Gasteiger partial charge on any atom is -0.379 e. The van der Waals surface area contributed by atoms with Crippen LogP contribution in [0, 0.1) is 0 Å². The second kappa shape index (κ2) is 9.12. The van der Waals surface area contributed by atoms with Gasteiger partial charge in [0.2, 0.25) is 5.89 Å². The standard InChI is InChI=1S/C15H28N4O2/c1-2-3-4-5-6-7-14-17-15(18-21-14)13(16)12-19-8-10-20-11-9-19/h13H,2-12,16H2,1H3. The van der Waals surface area contributed by atoms with Crippen molar-refractivity contribution in [1.29, 1.82) is 0 Å². The van der Waals surface area contributed by atoms with Crippen LogP contribution >= 0.6 is 0 Å². The molecule has 21 heavy (non-hydrogen) atoms. The number of nitrogens with zero attached hydrogens (tertiary/aromatic N) is 3. The van der Waals surface area contributed by atoms with Gasteiger partial charge in [-0.15, -0.1) is 0 Å². The molecule has 2 N–H and O–H groups in total. The molecule has 0 radical (unpaired) electrons. The molecule has 6 heteroatoms. The molecule has 1 aromatic heterocycles. The Morgan fingerprint density at radius 1 is 1.19 bits per heavy atom. The van der Waals surface area contributed by atoms with E-state index in [1.165, 1.54) is 25.7 Å². The van der Waals surface area contributed by atoms with Gasteiger partial charge in [0.1, 0.15) is 0 Å². The first-order valence-electron chi connectivity index (χ1n) is 8.17. The van der Waals surface area contributed by atoms with Crippen LogP contribution in [0.1, 0.15) is 56.8 Å². The summed E-state index contributed by atoms with van der Waals surface area (Å²) in [7, 11) is 0. The number of ether oxygens (including phenoxy) is 1. The van der Waals surface area contributed by atoms with Gasteiger partial charge >= 0.3 is 0 Å². The van der Waals surface area contributed by atoms with E-state index in [-0.39, 0.29) is 6.04 Å². The smallest absolute Gasteiger partial charge is 0.226 e. The van der Waals surface area contributed by atoms with Crippen LogP contribution in [0.25, 0.3) is 0 Å². The topological polar surface area (TPSA) is 77.4 Å². The van der Waals surface area contributed by atoms with Gasteiger partial charge < -0.3 is 15.0 Å². The van der Waals surface area contributed by atoms with Crippen LogP contribution in [0.4, 0.5) is 0 Å². The third-order valence-corrected chi connectivity index (χ3v) is 3.87. The number of nitrogens with two attached hydrogens (primary N) is 1. The summed E-state index contributed by atoms with van der Waals surface area (Å²) >= 11 is 0. The van der Waals surface area contributed by atoms with E-state index < -0.39 is 0 Å². The molecule has 0 spiro atoms. The molecule has 0 amide bonds. The fourth-order valence-corrected chi connectivity index (χ4v) is 2.54. The molecule has 2 rings (SSSR count). The molecule has 0 aliphatic carbocycles. The molecule has 120 valence electrons. The van der Waals surface area contributed by atoms with Crippen LogP contribution in [-0.4, -0.2) is 47.9 Å². The van der Waals surface area contributed by atoms with E-state index in [4.69, 9.17) is 15.0 Å². The van der Waals surface area contributed by atoms with Gasteiger partial charge in [-0.05, 0) is 6.42 Å². The summed E-state index contributed by atoms with van der Waals surface area (Å²) in [6, 6.07) is -0.180. The number of morpholine rings is 1. The van der Waals surface area contributed by atoms with Crippen molar-refractivity contribution >= 4 is 0 Å². The minimum atomic E-state index is -0.180. The van der Waals surface area contributed by atoms with Crippen molar-refractivity contribution in [3.63, 3.8) is 0 Å². The fraction of sp³-hybridized carbons (Fsp3) is 0.867. The zero-order valence-corrected chi connectivity index (χ0v) is 13.1. The van der Waals surface area contributed by atoms with Gasteiger partial charge in [-0.25, -0.2) is 0 Å². The van der Waals surface area contributed by atoms with Crippen LogP contribution in [0.2, 0.25) is 0 Å². The van der Waals surface area contributed by atoms with Crippen LogP contribution in [0.15, 0.2) is 4.52 Å². The van der Waals surface area contributed by atoms with Crippen molar-refractivity contribution in [2.75, 3.05) is 32.8 Å². The molecule has 1 unspecified atom stereocenters. The predicted octanol–water partition coefficient (Wildman–Crippen LogP) is 1.91. The average molecular weight is 296 g/mol. The molecule has 0 saturated carbocycles. The Labute approximate surface area is 127 Å². The first-order valence-corrected chi connectivity index (χ1v) is 8.17. The quantitative estimate of drug-likeness (QED) is 0.701. The van der Waals surface area contributed by atoms with E-state index in [0.717, 1.165) is 51.6 Å². The zero-order valence-electron chi connectivity index (χ0n) is 13.1. The highest BCUT2D eigenvalue weighted by atomic mass is 16.5. The number of aromatic nitrogens is 2. The van der Waals surface area contributed by atoms with Gasteiger partial charge in [0.25, 0.3) is 0 Å². The lowest BCUT2D eigenvalue weighted by Crippen LogP contribution is -2.40. The summed E-state index contributed by atoms with van der Waals surface area (Å²) < 4.78 is 10.6. The molecular formula is C15H28N4O2. The van der Waals surface area contributed by atoms with Crippen LogP contribution in [0.3, 0.4) is 0 Å². The van der Waals surface area contributed by atoms with Crippen molar-refractivity contribution in [2.24, 2.45) is 5.73 Å². The van der Waals surface area contributed by atoms with Crippen molar-refractivity contribution in [3.8, 4) is 0 Å². The molecule has 1 aliphatic heterocycles. The van der Waals surface area contributed by atoms with Gasteiger partial charge in [-0.1, -0.05) is 37.8 Å². The number of hydrogen-bond acceptors (Lipinski definition) is 6. The first kappa shape index (κ1) is 16.4. The van der Waals surface area contributed by atoms with Gasteiger partial charge in [-0.2, -0.15) is 4.98 Å². The van der Waals surface area contributed by atoms with E-state index in [2.05, 4.69) is 22.0 Å². The number of hydrogen-bond donors (Lipinski definition) is 1. The third kappa shape index (κ3) is 5.73. The van der Waals surface area contributed by atoms with Gasteiger partial charge in [0.05, 0.1) is 19.3 Å². The highest BCUT2D eigenvalue weighted by Crippen LogP contribution is 2.12. The van der Waals surface area contributed by atoms with Crippen molar-refractivity contribution in [1.82, 2.24) is 15.0 Å². The Morgan fingerprint density at radius 3 is 2.71 bits per heavy atom. The Kier molecular flexibility index (Phi) is 7.12. The second-order valence-corrected chi connectivity index (χ2v) is 5.73. The van der Waals surface area contributed by atoms with Crippen LogP contribution in [0.5, 0.6) is 0 Å². The maximum Gasteiger partial charge on any atom is 0.226 e. The molecule has 0 bridgehead atoms. The SMILES string of the molecule is CCCCCCCc1nc(C(N)CN2CCOCC2)no1. The minimum absolute atomic E-state index is 0.180. The lowest BCUT2D eigenvalue weighted by molar-refractivity contribution is 0.0348. The normalized spacial score (nSPS) is 18.0. The monoisotopic (exact) mass is 296 g/mol. The Bertz CT molecular complexity index is 391. The van der Waals surface area contributed by atoms with Crippen LogP contribution < -0.4 is 5.73 Å². The maximum atomic E-state index is 6.17. The summed E-state index contributed by atoms with van der Waals surface area (Å²) in [6.07, 6.45) is 7.06. The van der Waals surface area contributed by atoms with Crippen molar-refractivity contribution in [2.45, 2.75) is 51.5 Å². The molecule has 1 atom stereocenters.